The fourth-order valence-corrected chi connectivity index (χ4v) is 2.54. The molecular formula is C13H18N4. The molecule has 1 aliphatic heterocycles. The highest BCUT2D eigenvalue weighted by molar-refractivity contribution is 5.50. The minimum Gasteiger partial charge on any atom is -0.356 e. The third kappa shape index (κ3) is 1.99. The molecule has 2 aromatic heterocycles. The third-order valence-electron chi connectivity index (χ3n) is 3.40. The number of anilines is 1. The molecule has 17 heavy (non-hydrogen) atoms. The van der Waals surface area contributed by atoms with E-state index in [4.69, 9.17) is 0 Å². The fourth-order valence-electron chi connectivity index (χ4n) is 2.54. The van der Waals surface area contributed by atoms with Crippen molar-refractivity contribution in [3.8, 4) is 0 Å². The van der Waals surface area contributed by atoms with E-state index in [1.54, 1.807) is 0 Å². The average Bonchev–Trinajstić information content (AvgIpc) is 2.62. The Labute approximate surface area is 101 Å². The maximum absolute atomic E-state index is 4.49. The third-order valence-corrected chi connectivity index (χ3v) is 3.40. The van der Waals surface area contributed by atoms with Crippen LogP contribution in [-0.2, 0) is 0 Å². The minimum atomic E-state index is 0.948. The van der Waals surface area contributed by atoms with E-state index < -0.39 is 0 Å². The van der Waals surface area contributed by atoms with E-state index in [1.165, 1.54) is 31.5 Å². The highest BCUT2D eigenvalue weighted by atomic mass is 15.3. The second kappa shape index (κ2) is 4.35. The Hall–Kier alpha value is -1.58. The van der Waals surface area contributed by atoms with Crippen LogP contribution >= 0.6 is 0 Å². The van der Waals surface area contributed by atoms with Crippen molar-refractivity contribution in [3.05, 3.63) is 24.0 Å². The first kappa shape index (κ1) is 10.6. The molecule has 2 aromatic rings. The van der Waals surface area contributed by atoms with Crippen LogP contribution < -0.4 is 4.90 Å². The fraction of sp³-hybridized carbons (Fsp3) is 0.538. The van der Waals surface area contributed by atoms with Crippen molar-refractivity contribution in [2.45, 2.75) is 32.6 Å². The summed E-state index contributed by atoms with van der Waals surface area (Å²) in [7, 11) is 0. The van der Waals surface area contributed by atoms with Crippen molar-refractivity contribution in [2.24, 2.45) is 0 Å². The largest absolute Gasteiger partial charge is 0.356 e. The number of hydrogen-bond acceptors (Lipinski definition) is 3. The van der Waals surface area contributed by atoms with E-state index >= 15 is 0 Å². The lowest BCUT2D eigenvalue weighted by atomic mass is 10.2. The molecule has 0 N–H and O–H groups in total. The second-order valence-corrected chi connectivity index (χ2v) is 4.76. The number of aryl methyl sites for hydroxylation is 1. The Morgan fingerprint density at radius 3 is 2.65 bits per heavy atom. The summed E-state index contributed by atoms with van der Waals surface area (Å²) in [5.74, 6) is 1.19. The molecule has 0 saturated carbocycles. The van der Waals surface area contributed by atoms with E-state index in [9.17, 15) is 0 Å². The van der Waals surface area contributed by atoms with Crippen molar-refractivity contribution >= 4 is 11.5 Å². The average molecular weight is 230 g/mol. The highest BCUT2D eigenvalue weighted by Gasteiger charge is 2.14. The van der Waals surface area contributed by atoms with Crippen LogP contribution in [0.4, 0.5) is 5.82 Å². The number of aromatic nitrogens is 3. The number of rotatable bonds is 1. The van der Waals surface area contributed by atoms with Gasteiger partial charge in [-0.3, -0.25) is 0 Å². The van der Waals surface area contributed by atoms with Gasteiger partial charge in [-0.05, 0) is 19.8 Å². The zero-order chi connectivity index (χ0) is 11.7. The van der Waals surface area contributed by atoms with Gasteiger partial charge in [-0.2, -0.15) is 9.61 Å². The molecule has 4 nitrogen and oxygen atoms in total. The van der Waals surface area contributed by atoms with Crippen molar-refractivity contribution in [1.29, 1.82) is 0 Å². The molecule has 90 valence electrons. The molecule has 3 rings (SSSR count). The van der Waals surface area contributed by atoms with E-state index in [-0.39, 0.29) is 0 Å². The van der Waals surface area contributed by atoms with Gasteiger partial charge in [-0.25, -0.2) is 4.98 Å². The molecule has 0 spiro atoms. The number of nitrogens with zero attached hydrogens (tertiary/aromatic N) is 4. The SMILES string of the molecule is Cc1cc(N2CCCCCC2)n2nccc2n1. The van der Waals surface area contributed by atoms with Gasteiger partial charge in [-0.1, -0.05) is 12.8 Å². The molecule has 4 heteroatoms. The first-order valence-electron chi connectivity index (χ1n) is 6.41. The topological polar surface area (TPSA) is 33.4 Å². The van der Waals surface area contributed by atoms with Crippen LogP contribution in [0.15, 0.2) is 18.3 Å². The molecule has 0 amide bonds. The molecule has 0 unspecified atom stereocenters. The van der Waals surface area contributed by atoms with E-state index in [1.807, 2.05) is 23.7 Å². The summed E-state index contributed by atoms with van der Waals surface area (Å²) < 4.78 is 1.96. The standard InChI is InChI=1S/C13H18N4/c1-11-10-13(16-8-4-2-3-5-9-16)17-12(15-11)6-7-14-17/h6-7,10H,2-5,8-9H2,1H3. The van der Waals surface area contributed by atoms with Crippen molar-refractivity contribution in [3.63, 3.8) is 0 Å². The van der Waals surface area contributed by atoms with Crippen LogP contribution in [0.5, 0.6) is 0 Å². The first-order chi connectivity index (χ1) is 8.34. The van der Waals surface area contributed by atoms with Crippen LogP contribution in [0.3, 0.4) is 0 Å². The molecule has 3 heterocycles. The normalized spacial score (nSPS) is 17.4. The monoisotopic (exact) mass is 230 g/mol. The van der Waals surface area contributed by atoms with Gasteiger partial charge in [0.25, 0.3) is 0 Å². The predicted octanol–water partition coefficient (Wildman–Crippen LogP) is 2.42. The van der Waals surface area contributed by atoms with Crippen LogP contribution in [0, 0.1) is 6.92 Å². The lowest BCUT2D eigenvalue weighted by Gasteiger charge is -2.23. The summed E-state index contributed by atoms with van der Waals surface area (Å²) in [5.41, 5.74) is 2.02. The summed E-state index contributed by atoms with van der Waals surface area (Å²) in [5, 5.41) is 4.38. The predicted molar refractivity (Wildman–Crippen MR) is 68.4 cm³/mol. The molecule has 0 aromatic carbocycles. The summed E-state index contributed by atoms with van der Waals surface area (Å²) in [4.78, 5) is 6.93. The molecule has 0 atom stereocenters. The van der Waals surface area contributed by atoms with E-state index in [0.717, 1.165) is 24.4 Å². The Balaban J connectivity index is 2.05. The van der Waals surface area contributed by atoms with Gasteiger partial charge in [0, 0.05) is 30.9 Å². The molecule has 0 radical (unpaired) electrons. The molecule has 1 fully saturated rings. The van der Waals surface area contributed by atoms with Gasteiger partial charge in [0.05, 0.1) is 6.20 Å². The molecule has 1 aliphatic rings. The summed E-state index contributed by atoms with van der Waals surface area (Å²) in [6.07, 6.45) is 7.09. The first-order valence-corrected chi connectivity index (χ1v) is 6.41. The maximum atomic E-state index is 4.49. The van der Waals surface area contributed by atoms with Crippen LogP contribution in [0.25, 0.3) is 5.65 Å². The zero-order valence-corrected chi connectivity index (χ0v) is 10.3. The summed E-state index contributed by atoms with van der Waals surface area (Å²) >= 11 is 0. The van der Waals surface area contributed by atoms with Gasteiger partial charge in [0.15, 0.2) is 5.65 Å². The van der Waals surface area contributed by atoms with Gasteiger partial charge in [0.1, 0.15) is 5.82 Å². The van der Waals surface area contributed by atoms with Gasteiger partial charge in [0.2, 0.25) is 0 Å². The molecule has 0 aliphatic carbocycles. The Morgan fingerprint density at radius 2 is 1.88 bits per heavy atom. The summed E-state index contributed by atoms with van der Waals surface area (Å²) in [6, 6.07) is 4.11. The van der Waals surface area contributed by atoms with Crippen LogP contribution in [0.1, 0.15) is 31.4 Å². The molecular weight excluding hydrogens is 212 g/mol. The molecule has 1 saturated heterocycles. The lowest BCUT2D eigenvalue weighted by Crippen LogP contribution is -2.26. The quantitative estimate of drug-likeness (QED) is 0.754. The molecule has 0 bridgehead atoms. The van der Waals surface area contributed by atoms with Gasteiger partial charge in [-0.15, -0.1) is 0 Å². The van der Waals surface area contributed by atoms with Gasteiger partial charge < -0.3 is 4.90 Å². The Kier molecular flexibility index (Phi) is 2.71. The van der Waals surface area contributed by atoms with Crippen molar-refractivity contribution < 1.29 is 0 Å². The van der Waals surface area contributed by atoms with Crippen molar-refractivity contribution in [2.75, 3.05) is 18.0 Å². The van der Waals surface area contributed by atoms with Gasteiger partial charge >= 0.3 is 0 Å². The number of hydrogen-bond donors (Lipinski definition) is 0. The van der Waals surface area contributed by atoms with Crippen LogP contribution in [-0.4, -0.2) is 27.7 Å². The zero-order valence-electron chi connectivity index (χ0n) is 10.3. The Bertz CT molecular complexity index is 509. The van der Waals surface area contributed by atoms with E-state index in [2.05, 4.69) is 21.0 Å². The second-order valence-electron chi connectivity index (χ2n) is 4.76. The summed E-state index contributed by atoms with van der Waals surface area (Å²) in [6.45, 7) is 4.32. The Morgan fingerprint density at radius 1 is 1.12 bits per heavy atom. The van der Waals surface area contributed by atoms with Crippen LogP contribution in [0.2, 0.25) is 0 Å². The number of fused-ring (bicyclic) bond motifs is 1. The smallest absolute Gasteiger partial charge is 0.157 e. The maximum Gasteiger partial charge on any atom is 0.157 e. The van der Waals surface area contributed by atoms with E-state index in [0.29, 0.717) is 0 Å². The minimum absolute atomic E-state index is 0.948. The van der Waals surface area contributed by atoms with Crippen molar-refractivity contribution in [1.82, 2.24) is 14.6 Å². The highest BCUT2D eigenvalue weighted by Crippen LogP contribution is 2.20. The lowest BCUT2D eigenvalue weighted by molar-refractivity contribution is 0.726.